The van der Waals surface area contributed by atoms with Gasteiger partial charge in [0.05, 0.1) is 0 Å². The Balaban J connectivity index is 2.57. The smallest absolute Gasteiger partial charge is 0.0294 e. The monoisotopic (exact) mass is 269 g/mol. The maximum atomic E-state index is 6.14. The summed E-state index contributed by atoms with van der Waals surface area (Å²) < 4.78 is 1.16. The number of aryl methyl sites for hydroxylation is 1. The summed E-state index contributed by atoms with van der Waals surface area (Å²) in [5.74, 6) is 0. The van der Waals surface area contributed by atoms with Crippen LogP contribution >= 0.6 is 15.9 Å². The van der Waals surface area contributed by atoms with E-state index in [1.807, 2.05) is 0 Å². The quantitative estimate of drug-likeness (QED) is 0.791. The highest BCUT2D eigenvalue weighted by molar-refractivity contribution is 9.10. The summed E-state index contributed by atoms with van der Waals surface area (Å²) in [4.78, 5) is 0. The van der Waals surface area contributed by atoms with E-state index in [4.69, 9.17) is 5.73 Å². The van der Waals surface area contributed by atoms with Crippen molar-refractivity contribution in [3.05, 3.63) is 33.8 Å². The molecule has 1 rings (SSSR count). The molecule has 0 aliphatic heterocycles. The molecule has 0 spiro atoms. The van der Waals surface area contributed by atoms with E-state index in [1.165, 1.54) is 30.4 Å². The van der Waals surface area contributed by atoms with Gasteiger partial charge in [-0.05, 0) is 30.5 Å². The van der Waals surface area contributed by atoms with Crippen LogP contribution in [0.2, 0.25) is 0 Å². The highest BCUT2D eigenvalue weighted by Gasteiger charge is 2.06. The number of halogens is 1. The van der Waals surface area contributed by atoms with Gasteiger partial charge in [-0.15, -0.1) is 0 Å². The van der Waals surface area contributed by atoms with Gasteiger partial charge in [0.15, 0.2) is 0 Å². The zero-order chi connectivity index (χ0) is 11.3. The summed E-state index contributed by atoms with van der Waals surface area (Å²) in [7, 11) is 0. The van der Waals surface area contributed by atoms with Crippen molar-refractivity contribution in [3.63, 3.8) is 0 Å². The molecule has 0 aliphatic rings. The molecular weight excluding hydrogens is 250 g/mol. The second-order valence-corrected chi connectivity index (χ2v) is 4.97. The molecule has 1 aromatic rings. The molecular formula is C13H20BrN. The first-order chi connectivity index (χ1) is 7.15. The van der Waals surface area contributed by atoms with Crippen molar-refractivity contribution in [1.82, 2.24) is 0 Å². The lowest BCUT2D eigenvalue weighted by Gasteiger charge is -2.12. The first kappa shape index (κ1) is 12.7. The second kappa shape index (κ2) is 6.29. The zero-order valence-corrected chi connectivity index (χ0v) is 11.2. The predicted molar refractivity (Wildman–Crippen MR) is 69.9 cm³/mol. The van der Waals surface area contributed by atoms with Crippen molar-refractivity contribution in [1.29, 1.82) is 0 Å². The Bertz CT molecular complexity index is 309. The van der Waals surface area contributed by atoms with E-state index in [-0.39, 0.29) is 6.04 Å². The lowest BCUT2D eigenvalue weighted by atomic mass is 10.00. The molecule has 0 amide bonds. The van der Waals surface area contributed by atoms with E-state index in [2.05, 4.69) is 48.0 Å². The average molecular weight is 270 g/mol. The van der Waals surface area contributed by atoms with Crippen LogP contribution in [-0.4, -0.2) is 0 Å². The lowest BCUT2D eigenvalue weighted by molar-refractivity contribution is 0.581. The van der Waals surface area contributed by atoms with Gasteiger partial charge < -0.3 is 5.73 Å². The minimum Gasteiger partial charge on any atom is -0.324 e. The van der Waals surface area contributed by atoms with Crippen molar-refractivity contribution in [2.24, 2.45) is 5.73 Å². The van der Waals surface area contributed by atoms with E-state index in [1.54, 1.807) is 0 Å². The van der Waals surface area contributed by atoms with Crippen molar-refractivity contribution in [2.45, 2.75) is 45.6 Å². The molecule has 0 aliphatic carbocycles. The number of hydrogen-bond donors (Lipinski definition) is 1. The highest BCUT2D eigenvalue weighted by Crippen LogP contribution is 2.23. The van der Waals surface area contributed by atoms with E-state index < -0.39 is 0 Å². The summed E-state index contributed by atoms with van der Waals surface area (Å²) in [5.41, 5.74) is 8.66. The number of unbranched alkanes of at least 4 members (excludes halogenated alkanes) is 2. The third-order valence-electron chi connectivity index (χ3n) is 2.73. The van der Waals surface area contributed by atoms with Crippen LogP contribution in [0.25, 0.3) is 0 Å². The van der Waals surface area contributed by atoms with E-state index in [0.29, 0.717) is 0 Å². The average Bonchev–Trinajstić information content (AvgIpc) is 2.22. The van der Waals surface area contributed by atoms with Gasteiger partial charge in [0, 0.05) is 10.5 Å². The molecule has 2 heteroatoms. The summed E-state index contributed by atoms with van der Waals surface area (Å²) in [6.45, 7) is 4.32. The fourth-order valence-corrected chi connectivity index (χ4v) is 1.93. The Labute approximate surface area is 101 Å². The molecule has 2 N–H and O–H groups in total. The molecule has 0 bridgehead atoms. The fraction of sp³-hybridized carbons (Fsp3) is 0.538. The molecule has 0 radical (unpaired) electrons. The Morgan fingerprint density at radius 3 is 2.67 bits per heavy atom. The molecule has 0 saturated heterocycles. The van der Waals surface area contributed by atoms with Crippen molar-refractivity contribution < 1.29 is 0 Å². The van der Waals surface area contributed by atoms with Crippen LogP contribution in [0.15, 0.2) is 22.7 Å². The van der Waals surface area contributed by atoms with Crippen LogP contribution in [0.4, 0.5) is 0 Å². The topological polar surface area (TPSA) is 26.0 Å². The number of rotatable bonds is 5. The summed E-state index contributed by atoms with van der Waals surface area (Å²) in [6, 6.07) is 6.59. The standard InChI is InChI=1S/C13H20BrN/c1-3-4-5-6-13(15)11-7-8-12(14)10(2)9-11/h7-9,13H,3-6,15H2,1-2H3. The predicted octanol–water partition coefficient (Wildman–Crippen LogP) is 4.34. The Morgan fingerprint density at radius 1 is 1.33 bits per heavy atom. The molecule has 84 valence electrons. The van der Waals surface area contributed by atoms with Crippen molar-refractivity contribution in [2.75, 3.05) is 0 Å². The minimum atomic E-state index is 0.198. The molecule has 0 aromatic heterocycles. The van der Waals surface area contributed by atoms with Gasteiger partial charge in [-0.3, -0.25) is 0 Å². The first-order valence-electron chi connectivity index (χ1n) is 5.66. The molecule has 15 heavy (non-hydrogen) atoms. The summed E-state index contributed by atoms with van der Waals surface area (Å²) >= 11 is 3.50. The van der Waals surface area contributed by atoms with Crippen LogP contribution in [0.1, 0.15) is 49.8 Å². The molecule has 1 unspecified atom stereocenters. The normalized spacial score (nSPS) is 12.8. The highest BCUT2D eigenvalue weighted by atomic mass is 79.9. The number of benzene rings is 1. The first-order valence-corrected chi connectivity index (χ1v) is 6.46. The van der Waals surface area contributed by atoms with Crippen LogP contribution in [0, 0.1) is 6.92 Å². The maximum Gasteiger partial charge on any atom is 0.0294 e. The van der Waals surface area contributed by atoms with E-state index >= 15 is 0 Å². The van der Waals surface area contributed by atoms with Gasteiger partial charge in [0.1, 0.15) is 0 Å². The van der Waals surface area contributed by atoms with Crippen molar-refractivity contribution in [3.8, 4) is 0 Å². The molecule has 0 fully saturated rings. The molecule has 1 atom stereocenters. The fourth-order valence-electron chi connectivity index (χ4n) is 1.68. The molecule has 0 saturated carbocycles. The second-order valence-electron chi connectivity index (χ2n) is 4.11. The molecule has 0 heterocycles. The summed E-state index contributed by atoms with van der Waals surface area (Å²) in [5, 5.41) is 0. The van der Waals surface area contributed by atoms with Crippen molar-refractivity contribution >= 4 is 15.9 Å². The minimum absolute atomic E-state index is 0.198. The van der Waals surface area contributed by atoms with Crippen LogP contribution in [0.3, 0.4) is 0 Å². The van der Waals surface area contributed by atoms with Gasteiger partial charge in [-0.2, -0.15) is 0 Å². The third-order valence-corrected chi connectivity index (χ3v) is 3.62. The van der Waals surface area contributed by atoms with Gasteiger partial charge in [0.2, 0.25) is 0 Å². The van der Waals surface area contributed by atoms with Crippen LogP contribution in [-0.2, 0) is 0 Å². The van der Waals surface area contributed by atoms with Gasteiger partial charge in [0.25, 0.3) is 0 Å². The number of nitrogens with two attached hydrogens (primary N) is 1. The van der Waals surface area contributed by atoms with Gasteiger partial charge in [-0.1, -0.05) is 54.2 Å². The van der Waals surface area contributed by atoms with Crippen LogP contribution < -0.4 is 5.73 Å². The maximum absolute atomic E-state index is 6.14. The summed E-state index contributed by atoms with van der Waals surface area (Å²) in [6.07, 6.45) is 4.86. The van der Waals surface area contributed by atoms with E-state index in [9.17, 15) is 0 Å². The molecule has 1 aromatic carbocycles. The van der Waals surface area contributed by atoms with E-state index in [0.717, 1.165) is 10.9 Å². The largest absolute Gasteiger partial charge is 0.324 e. The lowest BCUT2D eigenvalue weighted by Crippen LogP contribution is -2.10. The molecule has 1 nitrogen and oxygen atoms in total. The Kier molecular flexibility index (Phi) is 5.34. The Hall–Kier alpha value is -0.340. The number of hydrogen-bond acceptors (Lipinski definition) is 1. The Morgan fingerprint density at radius 2 is 2.07 bits per heavy atom. The third kappa shape index (κ3) is 3.96. The van der Waals surface area contributed by atoms with Gasteiger partial charge in [-0.25, -0.2) is 0 Å². The van der Waals surface area contributed by atoms with Gasteiger partial charge >= 0.3 is 0 Å². The zero-order valence-electron chi connectivity index (χ0n) is 9.59. The SMILES string of the molecule is CCCCCC(N)c1ccc(Br)c(C)c1. The van der Waals surface area contributed by atoms with Crippen LogP contribution in [0.5, 0.6) is 0 Å².